The third kappa shape index (κ3) is 5.69. The quantitative estimate of drug-likeness (QED) is 0.525. The van der Waals surface area contributed by atoms with E-state index in [0.717, 1.165) is 0 Å². The van der Waals surface area contributed by atoms with E-state index in [9.17, 15) is 14.2 Å². The van der Waals surface area contributed by atoms with Crippen LogP contribution in [0.2, 0.25) is 0 Å². The largest absolute Gasteiger partial charge is 0.479 e. The van der Waals surface area contributed by atoms with Gasteiger partial charge in [-0.05, 0) is 20.8 Å². The van der Waals surface area contributed by atoms with Crippen molar-refractivity contribution in [2.45, 2.75) is 32.2 Å². The van der Waals surface area contributed by atoms with Crippen LogP contribution in [0.1, 0.15) is 20.8 Å². The molecule has 0 aliphatic carbocycles. The summed E-state index contributed by atoms with van der Waals surface area (Å²) in [5.41, 5.74) is -0.887. The molecule has 0 saturated heterocycles. The summed E-state index contributed by atoms with van der Waals surface area (Å²) < 4.78 is 15.4. The topological polar surface area (TPSA) is 133 Å². The molecule has 0 aromatic carbocycles. The predicted molar refractivity (Wildman–Crippen MR) is 52.8 cm³/mol. The summed E-state index contributed by atoms with van der Waals surface area (Å²) in [6.07, 6.45) is -1.21. The van der Waals surface area contributed by atoms with E-state index in [0.29, 0.717) is 0 Å². The average molecular weight is 255 g/mol. The second-order valence-corrected chi connectivity index (χ2v) is 5.67. The molecular weight excluding hydrogens is 241 g/mol. The van der Waals surface area contributed by atoms with Crippen molar-refractivity contribution in [1.29, 1.82) is 0 Å². The van der Waals surface area contributed by atoms with Crippen molar-refractivity contribution in [2.24, 2.45) is 0 Å². The van der Waals surface area contributed by atoms with Crippen LogP contribution in [0.25, 0.3) is 0 Å². The van der Waals surface area contributed by atoms with Crippen LogP contribution >= 0.6 is 7.60 Å². The zero-order chi connectivity index (χ0) is 13.1. The number of carboxylic acids is 1. The van der Waals surface area contributed by atoms with Crippen LogP contribution in [-0.2, 0) is 14.1 Å². The molecule has 1 unspecified atom stereocenters. The first kappa shape index (κ1) is 14.9. The SMILES string of the molecule is CC(C)(C)OC(=O)NC(C(=O)O)P(=O)(O)O. The number of alkyl carbamates (subject to hydrolysis) is 1. The number of aliphatic carboxylic acids is 1. The number of carboxylic acid groups (broad SMARTS) is 1. The lowest BCUT2D eigenvalue weighted by atomic mass is 10.2. The first-order valence-corrected chi connectivity index (χ1v) is 5.89. The lowest BCUT2D eigenvalue weighted by molar-refractivity contribution is -0.137. The standard InChI is InChI=1S/C7H14NO7P/c1-7(2,3)15-6(11)8-4(5(9)10)16(12,13)14/h4H,1-3H3,(H,8,11)(H,9,10)(H2,12,13,14). The first-order chi connectivity index (χ1) is 6.93. The van der Waals surface area contributed by atoms with Gasteiger partial charge in [-0.15, -0.1) is 0 Å². The Kier molecular flexibility index (Phi) is 4.48. The van der Waals surface area contributed by atoms with E-state index in [4.69, 9.17) is 14.9 Å². The summed E-state index contributed by atoms with van der Waals surface area (Å²) >= 11 is 0. The normalized spacial score (nSPS) is 14.1. The highest BCUT2D eigenvalue weighted by Crippen LogP contribution is 2.39. The zero-order valence-electron chi connectivity index (χ0n) is 9.00. The molecule has 0 radical (unpaired) electrons. The molecule has 9 heteroatoms. The molecule has 0 aliphatic rings. The van der Waals surface area contributed by atoms with Crippen molar-refractivity contribution < 1.29 is 33.8 Å². The Labute approximate surface area is 91.8 Å². The maximum absolute atomic E-state index is 11.1. The van der Waals surface area contributed by atoms with E-state index in [-0.39, 0.29) is 0 Å². The Bertz CT molecular complexity index is 328. The number of rotatable bonds is 3. The molecule has 4 N–H and O–H groups in total. The maximum atomic E-state index is 11.1. The molecule has 0 fully saturated rings. The van der Waals surface area contributed by atoms with E-state index >= 15 is 0 Å². The van der Waals surface area contributed by atoms with E-state index in [1.165, 1.54) is 20.8 Å². The van der Waals surface area contributed by atoms with Crippen LogP contribution in [0, 0.1) is 0 Å². The summed E-state index contributed by atoms with van der Waals surface area (Å²) in [4.78, 5) is 38.9. The summed E-state index contributed by atoms with van der Waals surface area (Å²) in [6.45, 7) is 4.58. The lowest BCUT2D eigenvalue weighted by Gasteiger charge is -2.22. The third-order valence-corrected chi connectivity index (χ3v) is 2.25. The Morgan fingerprint density at radius 3 is 2.00 bits per heavy atom. The number of carbonyl (C=O) groups excluding carboxylic acids is 1. The highest BCUT2D eigenvalue weighted by Gasteiger charge is 2.38. The van der Waals surface area contributed by atoms with Crippen LogP contribution in [0.3, 0.4) is 0 Å². The molecule has 0 saturated carbocycles. The smallest absolute Gasteiger partial charge is 0.408 e. The van der Waals surface area contributed by atoms with Crippen LogP contribution < -0.4 is 5.32 Å². The van der Waals surface area contributed by atoms with Gasteiger partial charge in [-0.2, -0.15) is 0 Å². The van der Waals surface area contributed by atoms with Gasteiger partial charge in [0, 0.05) is 0 Å². The molecule has 0 rings (SSSR count). The van der Waals surface area contributed by atoms with Gasteiger partial charge in [0.1, 0.15) is 5.60 Å². The van der Waals surface area contributed by atoms with Crippen molar-refractivity contribution in [3.05, 3.63) is 0 Å². The molecular formula is C7H14NO7P. The van der Waals surface area contributed by atoms with Gasteiger partial charge in [0.15, 0.2) is 0 Å². The minimum Gasteiger partial charge on any atom is -0.479 e. The molecule has 0 heterocycles. The van der Waals surface area contributed by atoms with Crippen LogP contribution in [0.5, 0.6) is 0 Å². The number of hydrogen-bond acceptors (Lipinski definition) is 4. The number of amides is 1. The number of ether oxygens (including phenoxy) is 1. The highest BCUT2D eigenvalue weighted by molar-refractivity contribution is 7.53. The Hall–Kier alpha value is -1.11. The van der Waals surface area contributed by atoms with Gasteiger partial charge >= 0.3 is 19.7 Å². The molecule has 1 amide bonds. The highest BCUT2D eigenvalue weighted by atomic mass is 31.2. The van der Waals surface area contributed by atoms with Crippen molar-refractivity contribution in [2.75, 3.05) is 0 Å². The summed E-state index contributed by atoms with van der Waals surface area (Å²) in [5.74, 6) is -4.14. The fourth-order valence-corrected chi connectivity index (χ4v) is 1.27. The maximum Gasteiger partial charge on any atom is 0.408 e. The number of hydrogen-bond donors (Lipinski definition) is 4. The van der Waals surface area contributed by atoms with Crippen LogP contribution in [0.15, 0.2) is 0 Å². The molecule has 16 heavy (non-hydrogen) atoms. The average Bonchev–Trinajstić information content (AvgIpc) is 1.93. The van der Waals surface area contributed by atoms with Gasteiger partial charge in [0.05, 0.1) is 0 Å². The zero-order valence-corrected chi connectivity index (χ0v) is 9.89. The summed E-state index contributed by atoms with van der Waals surface area (Å²) in [7, 11) is -4.96. The van der Waals surface area contributed by atoms with Gasteiger partial charge in [0.2, 0.25) is 5.78 Å². The van der Waals surface area contributed by atoms with Gasteiger partial charge in [-0.3, -0.25) is 9.88 Å². The monoisotopic (exact) mass is 255 g/mol. The van der Waals surface area contributed by atoms with Gasteiger partial charge in [0.25, 0.3) is 0 Å². The third-order valence-electron chi connectivity index (χ3n) is 1.22. The number of carbonyl (C=O) groups is 2. The van der Waals surface area contributed by atoms with Crippen molar-refractivity contribution in [3.8, 4) is 0 Å². The minimum absolute atomic E-state index is 0.887. The van der Waals surface area contributed by atoms with Gasteiger partial charge in [-0.25, -0.2) is 9.59 Å². The summed E-state index contributed by atoms with van der Waals surface area (Å²) in [6, 6.07) is 0. The van der Waals surface area contributed by atoms with Crippen LogP contribution in [0.4, 0.5) is 4.79 Å². The Morgan fingerprint density at radius 1 is 1.31 bits per heavy atom. The van der Waals surface area contributed by atoms with Gasteiger partial charge in [-0.1, -0.05) is 0 Å². The molecule has 0 aromatic rings. The molecule has 1 atom stereocenters. The van der Waals surface area contributed by atoms with Gasteiger partial charge < -0.3 is 19.6 Å². The van der Waals surface area contributed by atoms with Crippen LogP contribution in [-0.4, -0.2) is 38.3 Å². The second kappa shape index (κ2) is 4.82. The number of nitrogens with one attached hydrogen (secondary N) is 1. The molecule has 0 spiro atoms. The molecule has 0 aromatic heterocycles. The molecule has 0 bridgehead atoms. The lowest BCUT2D eigenvalue weighted by Crippen LogP contribution is -2.43. The molecule has 0 aliphatic heterocycles. The Balaban J connectivity index is 4.62. The fourth-order valence-electron chi connectivity index (χ4n) is 0.709. The second-order valence-electron chi connectivity index (χ2n) is 3.98. The Morgan fingerprint density at radius 2 is 1.75 bits per heavy atom. The van der Waals surface area contributed by atoms with E-state index in [1.807, 2.05) is 0 Å². The van der Waals surface area contributed by atoms with E-state index in [2.05, 4.69) is 4.74 Å². The molecule has 94 valence electrons. The predicted octanol–water partition coefficient (Wildman–Crippen LogP) is 0.0995. The van der Waals surface area contributed by atoms with E-state index in [1.54, 1.807) is 5.32 Å². The van der Waals surface area contributed by atoms with Crippen molar-refractivity contribution >= 4 is 19.7 Å². The molecule has 8 nitrogen and oxygen atoms in total. The minimum atomic E-state index is -4.96. The van der Waals surface area contributed by atoms with Crippen molar-refractivity contribution in [1.82, 2.24) is 5.32 Å². The first-order valence-electron chi connectivity index (χ1n) is 4.21. The van der Waals surface area contributed by atoms with Crippen molar-refractivity contribution in [3.63, 3.8) is 0 Å². The van der Waals surface area contributed by atoms with E-state index < -0.39 is 31.0 Å². The fraction of sp³-hybridized carbons (Fsp3) is 0.714. The summed E-state index contributed by atoms with van der Waals surface area (Å²) in [5, 5.41) is 10.1.